The maximum atomic E-state index is 14.1. The van der Waals surface area contributed by atoms with Gasteiger partial charge in [0, 0.05) is 18.7 Å². The van der Waals surface area contributed by atoms with Crippen LogP contribution in [0, 0.1) is 17.6 Å². The summed E-state index contributed by atoms with van der Waals surface area (Å²) in [7, 11) is -3.93. The van der Waals surface area contributed by atoms with Crippen molar-refractivity contribution in [1.29, 1.82) is 0 Å². The number of hydrogen-bond acceptors (Lipinski definition) is 2. The average Bonchev–Trinajstić information content (AvgIpc) is 2.39. The van der Waals surface area contributed by atoms with Crippen molar-refractivity contribution in [3.63, 3.8) is 0 Å². The summed E-state index contributed by atoms with van der Waals surface area (Å²) in [6.07, 6.45) is 1.48. The maximum absolute atomic E-state index is 14.1. The number of nitrogens with zero attached hydrogens (tertiary/aromatic N) is 1. The lowest BCUT2D eigenvalue weighted by Gasteiger charge is -2.29. The second-order valence-corrected chi connectivity index (χ2v) is 7.23. The monoisotopic (exact) mass is 323 g/mol. The fourth-order valence-corrected chi connectivity index (χ4v) is 4.07. The van der Waals surface area contributed by atoms with Gasteiger partial charge >= 0.3 is 0 Å². The zero-order valence-corrected chi connectivity index (χ0v) is 12.6. The molecular formula is C13H16ClF2NO2S. The van der Waals surface area contributed by atoms with E-state index in [2.05, 4.69) is 0 Å². The van der Waals surface area contributed by atoms with Gasteiger partial charge in [-0.15, -0.1) is 11.6 Å². The van der Waals surface area contributed by atoms with Crippen molar-refractivity contribution in [1.82, 2.24) is 4.31 Å². The molecule has 2 rings (SSSR count). The lowest BCUT2D eigenvalue weighted by atomic mass is 10.0. The molecule has 0 saturated carbocycles. The third-order valence-corrected chi connectivity index (χ3v) is 5.83. The summed E-state index contributed by atoms with van der Waals surface area (Å²) in [5, 5.41) is 0. The zero-order valence-electron chi connectivity index (χ0n) is 11.1. The predicted octanol–water partition coefficient (Wildman–Crippen LogP) is 3.12. The summed E-state index contributed by atoms with van der Waals surface area (Å²) < 4.78 is 53.6. The van der Waals surface area contributed by atoms with Crippen LogP contribution in [0.15, 0.2) is 17.0 Å². The highest BCUT2D eigenvalue weighted by Gasteiger charge is 2.31. The first kappa shape index (κ1) is 15.7. The van der Waals surface area contributed by atoms with Crippen molar-refractivity contribution in [3.05, 3.63) is 29.3 Å². The lowest BCUT2D eigenvalue weighted by Crippen LogP contribution is -2.38. The number of rotatable bonds is 3. The molecule has 20 heavy (non-hydrogen) atoms. The van der Waals surface area contributed by atoms with E-state index >= 15 is 0 Å². The van der Waals surface area contributed by atoms with E-state index in [4.69, 9.17) is 11.6 Å². The molecule has 1 aromatic rings. The number of piperidine rings is 1. The molecule has 1 aliphatic rings. The van der Waals surface area contributed by atoms with Crippen LogP contribution in [0.5, 0.6) is 0 Å². The van der Waals surface area contributed by atoms with Crippen molar-refractivity contribution in [2.45, 2.75) is 30.5 Å². The summed E-state index contributed by atoms with van der Waals surface area (Å²) in [6, 6.07) is 1.91. The van der Waals surface area contributed by atoms with E-state index in [1.54, 1.807) is 0 Å². The van der Waals surface area contributed by atoms with E-state index in [0.717, 1.165) is 25.0 Å². The Labute approximate surface area is 122 Å². The average molecular weight is 324 g/mol. The SMILES string of the molecule is CC1CCN(S(=O)(=O)c2ccc(F)c(CCl)c2F)CC1. The Kier molecular flexibility index (Phi) is 4.66. The van der Waals surface area contributed by atoms with Crippen molar-refractivity contribution in [2.75, 3.05) is 13.1 Å². The standard InChI is InChI=1S/C13H16ClF2NO2S/c1-9-4-6-17(7-5-9)20(18,19)12-3-2-11(15)10(8-14)13(12)16/h2-3,9H,4-8H2,1H3. The van der Waals surface area contributed by atoms with Gasteiger partial charge in [0.25, 0.3) is 0 Å². The van der Waals surface area contributed by atoms with Crippen LogP contribution in [0.3, 0.4) is 0 Å². The highest BCUT2D eigenvalue weighted by Crippen LogP contribution is 2.28. The molecule has 0 radical (unpaired) electrons. The van der Waals surface area contributed by atoms with Crippen LogP contribution in [-0.4, -0.2) is 25.8 Å². The van der Waals surface area contributed by atoms with Crippen LogP contribution < -0.4 is 0 Å². The topological polar surface area (TPSA) is 37.4 Å². The van der Waals surface area contributed by atoms with Gasteiger partial charge in [-0.05, 0) is 30.9 Å². The molecule has 0 N–H and O–H groups in total. The molecule has 0 aliphatic carbocycles. The first-order chi connectivity index (χ1) is 9.37. The van der Waals surface area contributed by atoms with Gasteiger partial charge in [0.2, 0.25) is 10.0 Å². The quantitative estimate of drug-likeness (QED) is 0.801. The van der Waals surface area contributed by atoms with E-state index in [1.165, 1.54) is 4.31 Å². The predicted molar refractivity (Wildman–Crippen MR) is 73.1 cm³/mol. The van der Waals surface area contributed by atoms with Gasteiger partial charge in [0.1, 0.15) is 10.7 Å². The summed E-state index contributed by atoms with van der Waals surface area (Å²) in [5.41, 5.74) is -0.405. The van der Waals surface area contributed by atoms with Gasteiger partial charge in [-0.2, -0.15) is 4.31 Å². The lowest BCUT2D eigenvalue weighted by molar-refractivity contribution is 0.287. The molecular weight excluding hydrogens is 308 g/mol. The van der Waals surface area contributed by atoms with Crippen molar-refractivity contribution < 1.29 is 17.2 Å². The minimum atomic E-state index is -3.93. The first-order valence-electron chi connectivity index (χ1n) is 6.41. The number of alkyl halides is 1. The number of halogens is 3. The van der Waals surface area contributed by atoms with Crippen LogP contribution in [0.1, 0.15) is 25.3 Å². The van der Waals surface area contributed by atoms with Gasteiger partial charge in [-0.3, -0.25) is 0 Å². The van der Waals surface area contributed by atoms with Crippen molar-refractivity contribution in [3.8, 4) is 0 Å². The Morgan fingerprint density at radius 2 is 1.90 bits per heavy atom. The summed E-state index contributed by atoms with van der Waals surface area (Å²) in [5.74, 6) is -1.86. The number of hydrogen-bond donors (Lipinski definition) is 0. The van der Waals surface area contributed by atoms with Gasteiger partial charge < -0.3 is 0 Å². The van der Waals surface area contributed by atoms with E-state index < -0.39 is 38.0 Å². The summed E-state index contributed by atoms with van der Waals surface area (Å²) >= 11 is 5.48. The van der Waals surface area contributed by atoms with E-state index in [9.17, 15) is 17.2 Å². The normalized spacial score (nSPS) is 18.4. The van der Waals surface area contributed by atoms with E-state index in [-0.39, 0.29) is 0 Å². The summed E-state index contributed by atoms with van der Waals surface area (Å²) in [4.78, 5) is -0.496. The second kappa shape index (κ2) is 5.95. The van der Waals surface area contributed by atoms with Crippen LogP contribution in [0.4, 0.5) is 8.78 Å². The third-order valence-electron chi connectivity index (χ3n) is 3.64. The highest BCUT2D eigenvalue weighted by molar-refractivity contribution is 7.89. The third kappa shape index (κ3) is 2.82. The highest BCUT2D eigenvalue weighted by atomic mass is 35.5. The smallest absolute Gasteiger partial charge is 0.207 e. The molecule has 0 atom stereocenters. The minimum absolute atomic E-state index is 0.358. The Balaban J connectivity index is 2.40. The molecule has 0 bridgehead atoms. The first-order valence-corrected chi connectivity index (χ1v) is 8.38. The fraction of sp³-hybridized carbons (Fsp3) is 0.538. The summed E-state index contributed by atoms with van der Waals surface area (Å²) in [6.45, 7) is 2.76. The molecule has 1 heterocycles. The minimum Gasteiger partial charge on any atom is -0.207 e. The largest absolute Gasteiger partial charge is 0.245 e. The Hall–Kier alpha value is -0.720. The van der Waals surface area contributed by atoms with Crippen LogP contribution >= 0.6 is 11.6 Å². The van der Waals surface area contributed by atoms with Gasteiger partial charge in [-0.1, -0.05) is 6.92 Å². The molecule has 0 spiro atoms. The Morgan fingerprint density at radius 3 is 2.45 bits per heavy atom. The van der Waals surface area contributed by atoms with Gasteiger partial charge in [0.05, 0.1) is 5.88 Å². The van der Waals surface area contributed by atoms with Gasteiger partial charge in [0.15, 0.2) is 5.82 Å². The maximum Gasteiger partial charge on any atom is 0.245 e. The molecule has 1 aromatic carbocycles. The fourth-order valence-electron chi connectivity index (χ4n) is 2.26. The molecule has 1 saturated heterocycles. The molecule has 7 heteroatoms. The Bertz CT molecular complexity index is 599. The molecule has 112 valence electrons. The number of benzene rings is 1. The van der Waals surface area contributed by atoms with Crippen LogP contribution in [-0.2, 0) is 15.9 Å². The zero-order chi connectivity index (χ0) is 14.9. The second-order valence-electron chi connectivity index (χ2n) is 5.06. The number of sulfonamides is 1. The van der Waals surface area contributed by atoms with Crippen molar-refractivity contribution >= 4 is 21.6 Å². The molecule has 0 aromatic heterocycles. The van der Waals surface area contributed by atoms with Crippen LogP contribution in [0.25, 0.3) is 0 Å². The van der Waals surface area contributed by atoms with E-state index in [1.807, 2.05) is 6.92 Å². The molecule has 1 aliphatic heterocycles. The molecule has 1 fully saturated rings. The van der Waals surface area contributed by atoms with E-state index in [0.29, 0.717) is 19.0 Å². The van der Waals surface area contributed by atoms with Gasteiger partial charge in [-0.25, -0.2) is 17.2 Å². The molecule has 3 nitrogen and oxygen atoms in total. The molecule has 0 amide bonds. The molecule has 0 unspecified atom stereocenters. The van der Waals surface area contributed by atoms with Crippen molar-refractivity contribution in [2.24, 2.45) is 5.92 Å². The van der Waals surface area contributed by atoms with Crippen LogP contribution in [0.2, 0.25) is 0 Å². The Morgan fingerprint density at radius 1 is 1.30 bits per heavy atom.